The highest BCUT2D eigenvalue weighted by Crippen LogP contribution is 2.52. The predicted octanol–water partition coefficient (Wildman–Crippen LogP) is 10.7. The Morgan fingerprint density at radius 2 is 1.22 bits per heavy atom. The summed E-state index contributed by atoms with van der Waals surface area (Å²) >= 11 is 0. The van der Waals surface area contributed by atoms with Crippen molar-refractivity contribution < 1.29 is 0 Å². The summed E-state index contributed by atoms with van der Waals surface area (Å²) in [5.74, 6) is 0.723. The molecular weight excluding hydrogens is 558 g/mol. The van der Waals surface area contributed by atoms with Crippen molar-refractivity contribution in [1.29, 1.82) is 0 Å². The molecule has 46 heavy (non-hydrogen) atoms. The van der Waals surface area contributed by atoms with Crippen LogP contribution in [0.2, 0.25) is 0 Å². The molecule has 3 heteroatoms. The van der Waals surface area contributed by atoms with Crippen LogP contribution in [-0.4, -0.2) is 14.5 Å². The van der Waals surface area contributed by atoms with Gasteiger partial charge in [-0.15, -0.1) is 0 Å². The van der Waals surface area contributed by atoms with Crippen LogP contribution in [0.15, 0.2) is 158 Å². The van der Waals surface area contributed by atoms with Crippen LogP contribution in [0.3, 0.4) is 0 Å². The van der Waals surface area contributed by atoms with Gasteiger partial charge in [-0.2, -0.15) is 0 Å². The largest absolute Gasteiger partial charge is 0.309 e. The third-order valence-electron chi connectivity index (χ3n) is 9.68. The minimum Gasteiger partial charge on any atom is -0.309 e. The molecule has 0 amide bonds. The van der Waals surface area contributed by atoms with E-state index in [1.165, 1.54) is 54.8 Å². The lowest BCUT2D eigenvalue weighted by molar-refractivity contribution is 0.895. The van der Waals surface area contributed by atoms with E-state index in [9.17, 15) is 0 Å². The quantitative estimate of drug-likeness (QED) is 0.206. The van der Waals surface area contributed by atoms with Crippen molar-refractivity contribution in [3.63, 3.8) is 0 Å². The molecule has 0 N–H and O–H groups in total. The van der Waals surface area contributed by atoms with Gasteiger partial charge in [-0.1, -0.05) is 121 Å². The predicted molar refractivity (Wildman–Crippen MR) is 190 cm³/mol. The third kappa shape index (κ3) is 3.60. The van der Waals surface area contributed by atoms with E-state index in [-0.39, 0.29) is 5.92 Å². The average molecular weight is 586 g/mol. The average Bonchev–Trinajstić information content (AvgIpc) is 3.63. The Labute approximate surface area is 266 Å². The molecule has 0 aliphatic heterocycles. The van der Waals surface area contributed by atoms with E-state index >= 15 is 0 Å². The highest BCUT2D eigenvalue weighted by atomic mass is 15.0. The van der Waals surface area contributed by atoms with Crippen molar-refractivity contribution in [3.8, 4) is 27.9 Å². The summed E-state index contributed by atoms with van der Waals surface area (Å²) in [4.78, 5) is 10.5. The molecule has 1 aliphatic carbocycles. The van der Waals surface area contributed by atoms with Crippen LogP contribution in [0.4, 0.5) is 0 Å². The van der Waals surface area contributed by atoms with Crippen LogP contribution in [0.1, 0.15) is 22.9 Å². The number of hydrogen-bond acceptors (Lipinski definition) is 2. The minimum atomic E-state index is -0.107. The molecule has 1 aliphatic rings. The van der Waals surface area contributed by atoms with Gasteiger partial charge in [0.1, 0.15) is 5.82 Å². The van der Waals surface area contributed by atoms with Crippen LogP contribution in [0, 0.1) is 0 Å². The number of fused-ring (bicyclic) bond motifs is 9. The lowest BCUT2D eigenvalue weighted by Crippen LogP contribution is -2.06. The van der Waals surface area contributed by atoms with Crippen molar-refractivity contribution in [3.05, 3.63) is 175 Å². The first-order valence-corrected chi connectivity index (χ1v) is 15.8. The van der Waals surface area contributed by atoms with Gasteiger partial charge in [0.05, 0.1) is 22.5 Å². The Kier molecular flexibility index (Phi) is 5.34. The molecule has 2 aromatic heterocycles. The maximum absolute atomic E-state index is 5.42. The highest BCUT2D eigenvalue weighted by Gasteiger charge is 2.35. The zero-order valence-electron chi connectivity index (χ0n) is 24.9. The number of rotatable bonds is 3. The van der Waals surface area contributed by atoms with Crippen molar-refractivity contribution in [2.75, 3.05) is 0 Å². The zero-order valence-corrected chi connectivity index (χ0v) is 24.9. The van der Waals surface area contributed by atoms with Gasteiger partial charge in [0.15, 0.2) is 0 Å². The smallest absolute Gasteiger partial charge is 0.140 e. The molecule has 0 bridgehead atoms. The molecule has 9 aromatic rings. The normalized spacial score (nSPS) is 13.9. The molecule has 1 unspecified atom stereocenters. The van der Waals surface area contributed by atoms with Gasteiger partial charge in [-0.05, 0) is 68.9 Å². The van der Waals surface area contributed by atoms with E-state index < -0.39 is 0 Å². The van der Waals surface area contributed by atoms with E-state index in [2.05, 4.69) is 156 Å². The van der Waals surface area contributed by atoms with Gasteiger partial charge in [0.25, 0.3) is 0 Å². The van der Waals surface area contributed by atoms with Crippen LogP contribution < -0.4 is 0 Å². The topological polar surface area (TPSA) is 30.7 Å². The van der Waals surface area contributed by atoms with Gasteiger partial charge in [-0.25, -0.2) is 9.97 Å². The zero-order chi connectivity index (χ0) is 30.2. The van der Waals surface area contributed by atoms with Crippen LogP contribution in [0.25, 0.3) is 71.4 Å². The lowest BCUT2D eigenvalue weighted by Gasteiger charge is -2.16. The number of hydrogen-bond donors (Lipinski definition) is 0. The Bertz CT molecular complexity index is 2630. The van der Waals surface area contributed by atoms with Crippen LogP contribution in [0.5, 0.6) is 0 Å². The Hall–Kier alpha value is -6.06. The summed E-state index contributed by atoms with van der Waals surface area (Å²) in [6.45, 7) is 0. The Balaban J connectivity index is 1.32. The number of aromatic nitrogens is 3. The van der Waals surface area contributed by atoms with E-state index in [1.54, 1.807) is 0 Å². The van der Waals surface area contributed by atoms with E-state index in [1.807, 2.05) is 6.20 Å². The first kappa shape index (κ1) is 25.3. The highest BCUT2D eigenvalue weighted by molar-refractivity contribution is 6.17. The SMILES string of the molecule is c1ccc(-c2cccc3cnc(C4c5ccccc5-c5ccc6c(c54)c4cc5ccccc5cc4n6-c4ccccc4)nc23)cc1. The van der Waals surface area contributed by atoms with Gasteiger partial charge < -0.3 is 4.57 Å². The number of benzene rings is 7. The first-order valence-electron chi connectivity index (χ1n) is 15.8. The molecule has 0 radical (unpaired) electrons. The fraction of sp³-hybridized carbons (Fsp3) is 0.0233. The molecular formula is C43H27N3. The molecule has 1 atom stereocenters. The molecule has 0 spiro atoms. The monoisotopic (exact) mass is 585 g/mol. The molecule has 214 valence electrons. The van der Waals surface area contributed by atoms with Crippen molar-refractivity contribution in [1.82, 2.24) is 14.5 Å². The van der Waals surface area contributed by atoms with Crippen molar-refractivity contribution in [2.24, 2.45) is 0 Å². The number of nitrogens with zero attached hydrogens (tertiary/aromatic N) is 3. The molecule has 2 heterocycles. The standard InChI is InChI=1S/C43H27N3/c1-3-12-27(13-4-1)32-21-11-16-30-26-44-43(45-42(30)32)41-34-20-10-9-19-33(34)35-22-23-37-39(40(35)41)36-24-28-14-7-8-15-29(28)25-38(36)46(37)31-17-5-2-6-18-31/h1-26,41H. The second kappa shape index (κ2) is 9.72. The summed E-state index contributed by atoms with van der Waals surface area (Å²) < 4.78 is 2.42. The lowest BCUT2D eigenvalue weighted by atomic mass is 9.91. The van der Waals surface area contributed by atoms with Crippen molar-refractivity contribution >= 4 is 43.5 Å². The van der Waals surface area contributed by atoms with Gasteiger partial charge >= 0.3 is 0 Å². The molecule has 7 aromatic carbocycles. The van der Waals surface area contributed by atoms with Gasteiger partial charge in [0.2, 0.25) is 0 Å². The maximum Gasteiger partial charge on any atom is 0.140 e. The van der Waals surface area contributed by atoms with Crippen LogP contribution >= 0.6 is 0 Å². The molecule has 0 saturated heterocycles. The summed E-state index contributed by atoms with van der Waals surface area (Å²) in [6, 6.07) is 54.4. The fourth-order valence-corrected chi connectivity index (χ4v) is 7.69. The first-order chi connectivity index (χ1) is 22.8. The second-order valence-corrected chi connectivity index (χ2v) is 12.2. The van der Waals surface area contributed by atoms with E-state index in [4.69, 9.17) is 9.97 Å². The minimum absolute atomic E-state index is 0.107. The van der Waals surface area contributed by atoms with E-state index in [0.717, 1.165) is 33.5 Å². The van der Waals surface area contributed by atoms with E-state index in [0.29, 0.717) is 0 Å². The van der Waals surface area contributed by atoms with Crippen LogP contribution in [-0.2, 0) is 0 Å². The summed E-state index contributed by atoms with van der Waals surface area (Å²) in [7, 11) is 0. The summed E-state index contributed by atoms with van der Waals surface area (Å²) in [5, 5.41) is 6.03. The van der Waals surface area contributed by atoms with Crippen molar-refractivity contribution in [2.45, 2.75) is 5.92 Å². The molecule has 0 saturated carbocycles. The van der Waals surface area contributed by atoms with Gasteiger partial charge in [-0.3, -0.25) is 0 Å². The second-order valence-electron chi connectivity index (χ2n) is 12.2. The molecule has 3 nitrogen and oxygen atoms in total. The molecule has 10 rings (SSSR count). The Morgan fingerprint density at radius 1 is 0.522 bits per heavy atom. The third-order valence-corrected chi connectivity index (χ3v) is 9.68. The van der Waals surface area contributed by atoms with Gasteiger partial charge in [0, 0.05) is 33.6 Å². The maximum atomic E-state index is 5.42. The summed E-state index contributed by atoms with van der Waals surface area (Å²) in [5.41, 5.74) is 11.9. The molecule has 0 fully saturated rings. The summed E-state index contributed by atoms with van der Waals surface area (Å²) in [6.07, 6.45) is 2.01. The fourth-order valence-electron chi connectivity index (χ4n) is 7.69. The Morgan fingerprint density at radius 3 is 2.07 bits per heavy atom. The number of para-hydroxylation sites is 2.